The van der Waals surface area contributed by atoms with Gasteiger partial charge in [0.2, 0.25) is 0 Å². The lowest BCUT2D eigenvalue weighted by Crippen LogP contribution is -2.36. The SMILES string of the molecule is CC(C)N1CCCC1Cc1cn2cccc(C=O)c2n1. The molecule has 0 saturated carbocycles. The number of pyridine rings is 1. The maximum absolute atomic E-state index is 11.1. The average molecular weight is 271 g/mol. The number of likely N-dealkylation sites (tertiary alicyclic amines) is 1. The van der Waals surface area contributed by atoms with E-state index in [0.717, 1.165) is 24.0 Å². The lowest BCUT2D eigenvalue weighted by Gasteiger charge is -2.27. The summed E-state index contributed by atoms with van der Waals surface area (Å²) < 4.78 is 1.95. The summed E-state index contributed by atoms with van der Waals surface area (Å²) in [6.45, 7) is 5.70. The minimum Gasteiger partial charge on any atom is -0.306 e. The molecule has 1 fully saturated rings. The van der Waals surface area contributed by atoms with Gasteiger partial charge in [0.1, 0.15) is 5.65 Å². The number of aldehydes is 1. The van der Waals surface area contributed by atoms with Crippen LogP contribution in [0.1, 0.15) is 42.7 Å². The molecule has 0 aromatic carbocycles. The van der Waals surface area contributed by atoms with Gasteiger partial charge in [-0.2, -0.15) is 0 Å². The Hall–Kier alpha value is -1.68. The highest BCUT2D eigenvalue weighted by molar-refractivity contribution is 5.84. The van der Waals surface area contributed by atoms with Crippen molar-refractivity contribution in [2.45, 2.75) is 45.2 Å². The molecule has 0 N–H and O–H groups in total. The van der Waals surface area contributed by atoms with E-state index in [1.54, 1.807) is 0 Å². The molecule has 0 bridgehead atoms. The summed E-state index contributed by atoms with van der Waals surface area (Å²) in [5.74, 6) is 0. The van der Waals surface area contributed by atoms with Gasteiger partial charge in [0.25, 0.3) is 0 Å². The molecule has 20 heavy (non-hydrogen) atoms. The molecule has 4 nitrogen and oxygen atoms in total. The zero-order valence-corrected chi connectivity index (χ0v) is 12.1. The first-order chi connectivity index (χ1) is 9.69. The standard InChI is InChI=1S/C16H21N3O/c1-12(2)19-8-4-6-15(19)9-14-10-18-7-3-5-13(11-20)16(18)17-14/h3,5,7,10-12,15H,4,6,8-9H2,1-2H3. The summed E-state index contributed by atoms with van der Waals surface area (Å²) in [7, 11) is 0. The van der Waals surface area contributed by atoms with Crippen molar-refractivity contribution in [2.24, 2.45) is 0 Å². The van der Waals surface area contributed by atoms with Crippen LogP contribution in [-0.4, -0.2) is 39.2 Å². The van der Waals surface area contributed by atoms with Crippen molar-refractivity contribution in [3.63, 3.8) is 0 Å². The van der Waals surface area contributed by atoms with E-state index in [2.05, 4.69) is 29.9 Å². The summed E-state index contributed by atoms with van der Waals surface area (Å²) >= 11 is 0. The second-order valence-corrected chi connectivity index (χ2v) is 5.88. The molecule has 1 unspecified atom stereocenters. The molecule has 1 aliphatic rings. The Bertz CT molecular complexity index is 617. The maximum Gasteiger partial charge on any atom is 0.153 e. The van der Waals surface area contributed by atoms with Crippen LogP contribution in [0.3, 0.4) is 0 Å². The van der Waals surface area contributed by atoms with Crippen LogP contribution in [0.5, 0.6) is 0 Å². The molecule has 0 radical (unpaired) electrons. The molecule has 4 heteroatoms. The Kier molecular flexibility index (Phi) is 3.57. The van der Waals surface area contributed by atoms with E-state index < -0.39 is 0 Å². The number of nitrogens with zero attached hydrogens (tertiary/aromatic N) is 3. The quantitative estimate of drug-likeness (QED) is 0.802. The topological polar surface area (TPSA) is 37.6 Å². The summed E-state index contributed by atoms with van der Waals surface area (Å²) in [6, 6.07) is 4.87. The zero-order valence-electron chi connectivity index (χ0n) is 12.1. The first-order valence-corrected chi connectivity index (χ1v) is 7.36. The van der Waals surface area contributed by atoms with Gasteiger partial charge in [0.15, 0.2) is 6.29 Å². The maximum atomic E-state index is 11.1. The number of carbonyl (C=O) groups excluding carboxylic acids is 1. The summed E-state index contributed by atoms with van der Waals surface area (Å²) in [4.78, 5) is 18.3. The fraction of sp³-hybridized carbons (Fsp3) is 0.500. The highest BCUT2D eigenvalue weighted by atomic mass is 16.1. The van der Waals surface area contributed by atoms with E-state index in [1.165, 1.54) is 19.4 Å². The van der Waals surface area contributed by atoms with Crippen molar-refractivity contribution in [3.05, 3.63) is 35.8 Å². The van der Waals surface area contributed by atoms with E-state index in [1.807, 2.05) is 22.7 Å². The largest absolute Gasteiger partial charge is 0.306 e. The molecule has 3 rings (SSSR count). The Labute approximate surface area is 119 Å². The third-order valence-electron chi connectivity index (χ3n) is 4.22. The smallest absolute Gasteiger partial charge is 0.153 e. The van der Waals surface area contributed by atoms with Crippen LogP contribution in [0.25, 0.3) is 5.65 Å². The van der Waals surface area contributed by atoms with Gasteiger partial charge in [-0.1, -0.05) is 0 Å². The third kappa shape index (κ3) is 2.36. The Balaban J connectivity index is 1.86. The first-order valence-electron chi connectivity index (χ1n) is 7.36. The van der Waals surface area contributed by atoms with E-state index in [0.29, 0.717) is 17.6 Å². The molecule has 106 valence electrons. The summed E-state index contributed by atoms with van der Waals surface area (Å²) in [6.07, 6.45) is 8.37. The fourth-order valence-electron chi connectivity index (χ4n) is 3.27. The van der Waals surface area contributed by atoms with Gasteiger partial charge in [0.05, 0.1) is 11.3 Å². The third-order valence-corrected chi connectivity index (χ3v) is 4.22. The van der Waals surface area contributed by atoms with Crippen molar-refractivity contribution in [1.82, 2.24) is 14.3 Å². The predicted molar refractivity (Wildman–Crippen MR) is 79.1 cm³/mol. The zero-order chi connectivity index (χ0) is 14.1. The van der Waals surface area contributed by atoms with Crippen molar-refractivity contribution in [3.8, 4) is 0 Å². The molecular formula is C16H21N3O. The lowest BCUT2D eigenvalue weighted by atomic mass is 10.1. The van der Waals surface area contributed by atoms with Crippen molar-refractivity contribution in [2.75, 3.05) is 6.54 Å². The minimum absolute atomic E-state index is 0.583. The van der Waals surface area contributed by atoms with Gasteiger partial charge < -0.3 is 4.40 Å². The van der Waals surface area contributed by atoms with Crippen molar-refractivity contribution < 1.29 is 4.79 Å². The summed E-state index contributed by atoms with van der Waals surface area (Å²) in [5.41, 5.74) is 2.51. The molecule has 0 spiro atoms. The molecule has 1 aliphatic heterocycles. The van der Waals surface area contributed by atoms with Gasteiger partial charge in [-0.05, 0) is 45.4 Å². The van der Waals surface area contributed by atoms with E-state index >= 15 is 0 Å². The van der Waals surface area contributed by atoms with Crippen LogP contribution in [0, 0.1) is 0 Å². The van der Waals surface area contributed by atoms with E-state index in [4.69, 9.17) is 0 Å². The van der Waals surface area contributed by atoms with E-state index in [9.17, 15) is 4.79 Å². The normalized spacial score (nSPS) is 20.1. The molecule has 0 amide bonds. The van der Waals surface area contributed by atoms with Crippen LogP contribution in [-0.2, 0) is 6.42 Å². The number of hydrogen-bond acceptors (Lipinski definition) is 3. The molecule has 1 atom stereocenters. The van der Waals surface area contributed by atoms with Crippen LogP contribution in [0.15, 0.2) is 24.5 Å². The molecule has 3 heterocycles. The first kappa shape index (κ1) is 13.3. The Morgan fingerprint density at radius 2 is 2.35 bits per heavy atom. The molecule has 2 aromatic heterocycles. The van der Waals surface area contributed by atoms with Crippen LogP contribution >= 0.6 is 0 Å². The Morgan fingerprint density at radius 1 is 1.50 bits per heavy atom. The van der Waals surface area contributed by atoms with Gasteiger partial charge in [-0.3, -0.25) is 9.69 Å². The molecule has 0 aliphatic carbocycles. The number of carbonyl (C=O) groups is 1. The number of hydrogen-bond donors (Lipinski definition) is 0. The molecule has 1 saturated heterocycles. The predicted octanol–water partition coefficient (Wildman–Crippen LogP) is 2.56. The van der Waals surface area contributed by atoms with Gasteiger partial charge in [-0.15, -0.1) is 0 Å². The second kappa shape index (κ2) is 5.37. The van der Waals surface area contributed by atoms with Crippen LogP contribution in [0.2, 0.25) is 0 Å². The van der Waals surface area contributed by atoms with Gasteiger partial charge >= 0.3 is 0 Å². The fourth-order valence-corrected chi connectivity index (χ4v) is 3.27. The van der Waals surface area contributed by atoms with E-state index in [-0.39, 0.29) is 0 Å². The number of rotatable bonds is 4. The van der Waals surface area contributed by atoms with Gasteiger partial charge in [0, 0.05) is 30.9 Å². The van der Waals surface area contributed by atoms with Gasteiger partial charge in [-0.25, -0.2) is 4.98 Å². The highest BCUT2D eigenvalue weighted by Crippen LogP contribution is 2.23. The Morgan fingerprint density at radius 3 is 3.10 bits per heavy atom. The summed E-state index contributed by atoms with van der Waals surface area (Å²) in [5, 5.41) is 0. The van der Waals surface area contributed by atoms with Crippen LogP contribution < -0.4 is 0 Å². The van der Waals surface area contributed by atoms with Crippen molar-refractivity contribution >= 4 is 11.9 Å². The van der Waals surface area contributed by atoms with Crippen molar-refractivity contribution in [1.29, 1.82) is 0 Å². The highest BCUT2D eigenvalue weighted by Gasteiger charge is 2.27. The molecule has 2 aromatic rings. The second-order valence-electron chi connectivity index (χ2n) is 5.88. The monoisotopic (exact) mass is 271 g/mol. The number of imidazole rings is 1. The number of aromatic nitrogens is 2. The average Bonchev–Trinajstić information content (AvgIpc) is 3.04. The lowest BCUT2D eigenvalue weighted by molar-refractivity contribution is 0.112. The number of fused-ring (bicyclic) bond motifs is 1. The minimum atomic E-state index is 0.583. The molecular weight excluding hydrogens is 250 g/mol. The van der Waals surface area contributed by atoms with Crippen LogP contribution in [0.4, 0.5) is 0 Å².